The fourth-order valence-electron chi connectivity index (χ4n) is 4.86. The lowest BCUT2D eigenvalue weighted by Gasteiger charge is -2.34. The number of primary amides is 1. The number of hydrogen-bond donors (Lipinski definition) is 3. The van der Waals surface area contributed by atoms with Crippen molar-refractivity contribution >= 4 is 17.6 Å². The van der Waals surface area contributed by atoms with E-state index in [-0.39, 0.29) is 31.1 Å². The number of carbonyl (C=O) groups is 2. The zero-order chi connectivity index (χ0) is 30.5. The Morgan fingerprint density at radius 2 is 1.48 bits per heavy atom. The largest absolute Gasteiger partial charge is 0.497 e. The molecule has 0 spiro atoms. The van der Waals surface area contributed by atoms with E-state index in [1.54, 1.807) is 7.11 Å². The van der Waals surface area contributed by atoms with E-state index in [1.807, 2.05) is 84.9 Å². The molecule has 222 valence electrons. The maximum Gasteiger partial charge on any atom is 0.240 e. The van der Waals surface area contributed by atoms with Crippen molar-refractivity contribution in [2.24, 2.45) is 22.3 Å². The van der Waals surface area contributed by atoms with Gasteiger partial charge < -0.3 is 26.8 Å². The van der Waals surface area contributed by atoms with Crippen LogP contribution in [0.25, 0.3) is 0 Å². The molecule has 0 saturated carbocycles. The lowest BCUT2D eigenvalue weighted by molar-refractivity contribution is -0.485. The predicted molar refractivity (Wildman–Crippen MR) is 161 cm³/mol. The van der Waals surface area contributed by atoms with E-state index >= 15 is 0 Å². The van der Waals surface area contributed by atoms with Crippen LogP contribution in [0, 0.1) is 10.1 Å². The fourth-order valence-corrected chi connectivity index (χ4v) is 4.86. The standard InChI is InChI=1S/C31H38N6O5/c1-42-25-17-15-22(16-18-25)10-8-9-21-36(27(30(34)38)20-19-26(32)29(33)35-37(40)41)31(39)28(23-11-4-2-5-12-23)24-13-6-3-7-14-24/h2-7,11-18,26-28H,8-10,19-21,32H2,1H3,(H2,33,35)(H2,34,38)/t26?,27-/m0/s1. The number of amides is 2. The van der Waals surface area contributed by atoms with Crippen molar-refractivity contribution in [1.82, 2.24) is 4.90 Å². The highest BCUT2D eigenvalue weighted by molar-refractivity contribution is 5.92. The average Bonchev–Trinajstić information content (AvgIpc) is 2.99. The maximum absolute atomic E-state index is 14.4. The second-order valence-corrected chi connectivity index (χ2v) is 9.96. The van der Waals surface area contributed by atoms with Gasteiger partial charge in [0, 0.05) is 6.54 Å². The maximum atomic E-state index is 14.4. The lowest BCUT2D eigenvalue weighted by Crippen LogP contribution is -2.51. The second kappa shape index (κ2) is 15.9. The summed E-state index contributed by atoms with van der Waals surface area (Å²) in [7, 11) is 1.62. The van der Waals surface area contributed by atoms with Gasteiger partial charge in [0.2, 0.25) is 11.8 Å². The summed E-state index contributed by atoms with van der Waals surface area (Å²) in [5.41, 5.74) is 20.2. The summed E-state index contributed by atoms with van der Waals surface area (Å²) >= 11 is 0. The molecule has 3 aromatic rings. The summed E-state index contributed by atoms with van der Waals surface area (Å²) in [6.07, 6.45) is 2.26. The number of hydrogen-bond acceptors (Lipinski definition) is 6. The van der Waals surface area contributed by atoms with Crippen molar-refractivity contribution in [3.05, 3.63) is 112 Å². The molecule has 3 rings (SSSR count). The molecule has 11 heteroatoms. The van der Waals surface area contributed by atoms with Crippen LogP contribution in [-0.2, 0) is 16.0 Å². The Bertz CT molecular complexity index is 1300. The molecule has 0 fully saturated rings. The van der Waals surface area contributed by atoms with Crippen molar-refractivity contribution in [3.63, 3.8) is 0 Å². The first-order valence-electron chi connectivity index (χ1n) is 13.8. The number of aryl methyl sites for hydroxylation is 1. The summed E-state index contributed by atoms with van der Waals surface area (Å²) in [5, 5.41) is 12.9. The first-order valence-corrected chi connectivity index (χ1v) is 13.8. The smallest absolute Gasteiger partial charge is 0.240 e. The van der Waals surface area contributed by atoms with Gasteiger partial charge in [0.15, 0.2) is 10.9 Å². The SMILES string of the molecule is COc1ccc(CCCCN(C(=O)C(c2ccccc2)c2ccccc2)[C@@H](CCC(N)C(N)=N[N+](=O)[O-])C(N)=O)cc1. The number of amidine groups is 1. The van der Waals surface area contributed by atoms with E-state index in [4.69, 9.17) is 21.9 Å². The minimum Gasteiger partial charge on any atom is -0.497 e. The van der Waals surface area contributed by atoms with E-state index in [1.165, 1.54) is 4.90 Å². The average molecular weight is 575 g/mol. The predicted octanol–water partition coefficient (Wildman–Crippen LogP) is 3.19. The van der Waals surface area contributed by atoms with Gasteiger partial charge in [0.05, 0.1) is 24.2 Å². The quantitative estimate of drug-likeness (QED) is 0.0772. The number of rotatable bonds is 16. The number of hydrazone groups is 1. The molecule has 0 aromatic heterocycles. The van der Waals surface area contributed by atoms with Crippen LogP contribution in [0.15, 0.2) is 90.0 Å². The van der Waals surface area contributed by atoms with Crippen LogP contribution in [0.3, 0.4) is 0 Å². The minimum atomic E-state index is -1.01. The molecule has 0 aliphatic rings. The highest BCUT2D eigenvalue weighted by Crippen LogP contribution is 2.29. The summed E-state index contributed by atoms with van der Waals surface area (Å²) in [4.78, 5) is 39.5. The first-order chi connectivity index (χ1) is 20.2. The first kappa shape index (κ1) is 31.8. The molecular formula is C31H38N6O5. The highest BCUT2D eigenvalue weighted by Gasteiger charge is 2.34. The van der Waals surface area contributed by atoms with Gasteiger partial charge in [0.25, 0.3) is 0 Å². The Balaban J connectivity index is 1.88. The summed E-state index contributed by atoms with van der Waals surface area (Å²) < 4.78 is 5.22. The topological polar surface area (TPSA) is 180 Å². The van der Waals surface area contributed by atoms with E-state index < -0.39 is 28.9 Å². The number of unbranched alkanes of at least 4 members (excludes halogenated alkanes) is 1. The molecule has 42 heavy (non-hydrogen) atoms. The van der Waals surface area contributed by atoms with E-state index in [0.717, 1.165) is 35.3 Å². The van der Waals surface area contributed by atoms with Crippen molar-refractivity contribution in [1.29, 1.82) is 0 Å². The number of nitro groups is 1. The summed E-state index contributed by atoms with van der Waals surface area (Å²) in [6.45, 7) is 0.270. The van der Waals surface area contributed by atoms with Gasteiger partial charge in [-0.15, -0.1) is 0 Å². The molecule has 0 aliphatic carbocycles. The molecule has 0 saturated heterocycles. The Morgan fingerprint density at radius 3 is 1.98 bits per heavy atom. The molecule has 1 unspecified atom stereocenters. The second-order valence-electron chi connectivity index (χ2n) is 9.96. The van der Waals surface area contributed by atoms with Crippen LogP contribution in [0.2, 0.25) is 0 Å². The molecule has 3 aromatic carbocycles. The molecule has 0 aliphatic heterocycles. The molecule has 0 bridgehead atoms. The van der Waals surface area contributed by atoms with E-state index in [0.29, 0.717) is 6.42 Å². The van der Waals surface area contributed by atoms with Crippen molar-refractivity contribution < 1.29 is 19.4 Å². The zero-order valence-corrected chi connectivity index (χ0v) is 23.7. The molecule has 11 nitrogen and oxygen atoms in total. The van der Waals surface area contributed by atoms with E-state index in [9.17, 15) is 19.7 Å². The molecule has 6 N–H and O–H groups in total. The van der Waals surface area contributed by atoms with Crippen LogP contribution >= 0.6 is 0 Å². The number of nitrogens with two attached hydrogens (primary N) is 3. The van der Waals surface area contributed by atoms with Crippen molar-refractivity contribution in [2.45, 2.75) is 50.1 Å². The number of ether oxygens (including phenoxy) is 1. The third kappa shape index (κ3) is 9.13. The molecule has 0 radical (unpaired) electrons. The Kier molecular flexibility index (Phi) is 12.0. The van der Waals surface area contributed by atoms with Crippen LogP contribution in [0.4, 0.5) is 0 Å². The highest BCUT2D eigenvalue weighted by atomic mass is 16.7. The monoisotopic (exact) mass is 574 g/mol. The third-order valence-corrected chi connectivity index (χ3v) is 7.10. The Hall–Kier alpha value is -4.77. The fraction of sp³-hybridized carbons (Fsp3) is 0.323. The van der Waals surface area contributed by atoms with Gasteiger partial charge in [-0.05, 0) is 60.9 Å². The van der Waals surface area contributed by atoms with Gasteiger partial charge in [-0.25, -0.2) is 10.1 Å². The Labute approximate surface area is 245 Å². The van der Waals surface area contributed by atoms with Gasteiger partial charge in [-0.2, -0.15) is 0 Å². The van der Waals surface area contributed by atoms with Gasteiger partial charge in [0.1, 0.15) is 11.8 Å². The third-order valence-electron chi connectivity index (χ3n) is 7.10. The number of benzene rings is 3. The zero-order valence-electron chi connectivity index (χ0n) is 23.7. The normalized spacial score (nSPS) is 12.9. The molecule has 2 atom stereocenters. The van der Waals surface area contributed by atoms with E-state index in [2.05, 4.69) is 5.10 Å². The lowest BCUT2D eigenvalue weighted by atomic mass is 9.89. The molecular weight excluding hydrogens is 536 g/mol. The van der Waals surface area contributed by atoms with Crippen LogP contribution in [-0.4, -0.2) is 53.3 Å². The summed E-state index contributed by atoms with van der Waals surface area (Å²) in [6, 6.07) is 24.5. The minimum absolute atomic E-state index is 0.0605. The van der Waals surface area contributed by atoms with Gasteiger partial charge in [-0.3, -0.25) is 9.59 Å². The summed E-state index contributed by atoms with van der Waals surface area (Å²) in [5.74, 6) is -1.25. The number of carbonyl (C=O) groups excluding carboxylic acids is 2. The Morgan fingerprint density at radius 1 is 0.905 bits per heavy atom. The molecule has 0 heterocycles. The van der Waals surface area contributed by atoms with Crippen molar-refractivity contribution in [3.8, 4) is 5.75 Å². The number of nitrogens with zero attached hydrogens (tertiary/aromatic N) is 3. The van der Waals surface area contributed by atoms with Crippen LogP contribution < -0.4 is 21.9 Å². The van der Waals surface area contributed by atoms with Crippen LogP contribution in [0.1, 0.15) is 48.3 Å². The van der Waals surface area contributed by atoms with Gasteiger partial charge >= 0.3 is 0 Å². The van der Waals surface area contributed by atoms with Gasteiger partial charge in [-0.1, -0.05) is 72.8 Å². The molecule has 2 amide bonds. The van der Waals surface area contributed by atoms with Crippen molar-refractivity contribution in [2.75, 3.05) is 13.7 Å². The number of methoxy groups -OCH3 is 1. The van der Waals surface area contributed by atoms with Crippen LogP contribution in [0.5, 0.6) is 5.75 Å².